The van der Waals surface area contributed by atoms with Crippen LogP contribution in [0.15, 0.2) is 24.4 Å². The molecule has 0 aliphatic carbocycles. The van der Waals surface area contributed by atoms with Gasteiger partial charge < -0.3 is 9.84 Å². The first kappa shape index (κ1) is 14.0. The van der Waals surface area contributed by atoms with Gasteiger partial charge >= 0.3 is 5.97 Å². The molecule has 0 bridgehead atoms. The van der Waals surface area contributed by atoms with Crippen LogP contribution in [-0.2, 0) is 6.42 Å². The smallest absolute Gasteiger partial charge is 0.339 e. The van der Waals surface area contributed by atoms with Crippen LogP contribution in [0.3, 0.4) is 0 Å². The molecule has 1 aromatic heterocycles. The van der Waals surface area contributed by atoms with Crippen molar-refractivity contribution in [3.05, 3.63) is 41.2 Å². The Labute approximate surface area is 117 Å². The lowest BCUT2D eigenvalue weighted by Crippen LogP contribution is -2.06. The van der Waals surface area contributed by atoms with Crippen LogP contribution in [0.2, 0.25) is 0 Å². The van der Waals surface area contributed by atoms with E-state index < -0.39 is 5.97 Å². The molecule has 0 saturated heterocycles. The van der Waals surface area contributed by atoms with Gasteiger partial charge in [0.05, 0.1) is 18.4 Å². The van der Waals surface area contributed by atoms with Gasteiger partial charge in [0.1, 0.15) is 5.75 Å². The van der Waals surface area contributed by atoms with Crippen LogP contribution in [0.5, 0.6) is 5.75 Å². The van der Waals surface area contributed by atoms with Gasteiger partial charge in [0.25, 0.3) is 0 Å². The third-order valence-corrected chi connectivity index (χ3v) is 3.09. The standard InChI is InChI=1S/C15H16N2O3/c1-4-12-11(15(18)19)8-16-14(17-12)10-5-6-13(20-3)9(2)7-10/h5-8H,4H2,1-3H3,(H,18,19). The number of rotatable bonds is 4. The zero-order valence-corrected chi connectivity index (χ0v) is 11.7. The molecule has 0 spiro atoms. The number of aromatic carboxylic acids is 1. The van der Waals surface area contributed by atoms with E-state index in [1.54, 1.807) is 7.11 Å². The van der Waals surface area contributed by atoms with Crippen molar-refractivity contribution in [1.82, 2.24) is 9.97 Å². The molecule has 0 aliphatic heterocycles. The van der Waals surface area contributed by atoms with Crippen molar-refractivity contribution in [2.75, 3.05) is 7.11 Å². The molecule has 0 fully saturated rings. The number of carboxylic acids is 1. The van der Waals surface area contributed by atoms with Crippen LogP contribution in [0, 0.1) is 6.92 Å². The number of carboxylic acid groups (broad SMARTS) is 1. The highest BCUT2D eigenvalue weighted by atomic mass is 16.5. The Morgan fingerprint density at radius 3 is 2.70 bits per heavy atom. The molecule has 0 saturated carbocycles. The number of hydrogen-bond donors (Lipinski definition) is 1. The molecule has 5 heteroatoms. The first-order chi connectivity index (χ1) is 9.56. The molecule has 2 rings (SSSR count). The summed E-state index contributed by atoms with van der Waals surface area (Å²) in [5, 5.41) is 9.07. The lowest BCUT2D eigenvalue weighted by Gasteiger charge is -2.08. The summed E-state index contributed by atoms with van der Waals surface area (Å²) in [6.07, 6.45) is 1.91. The highest BCUT2D eigenvalue weighted by Gasteiger charge is 2.13. The minimum atomic E-state index is -1.00. The third kappa shape index (κ3) is 2.61. The van der Waals surface area contributed by atoms with Crippen LogP contribution < -0.4 is 4.74 Å². The number of hydrogen-bond acceptors (Lipinski definition) is 4. The number of aromatic nitrogens is 2. The van der Waals surface area contributed by atoms with Gasteiger partial charge in [-0.15, -0.1) is 0 Å². The molecule has 1 N–H and O–H groups in total. The van der Waals surface area contributed by atoms with Crippen LogP contribution >= 0.6 is 0 Å². The molecule has 0 aliphatic rings. The van der Waals surface area contributed by atoms with Crippen LogP contribution in [0.25, 0.3) is 11.4 Å². The van der Waals surface area contributed by atoms with Gasteiger partial charge in [-0.2, -0.15) is 0 Å². The topological polar surface area (TPSA) is 72.3 Å². The Balaban J connectivity index is 2.48. The molecule has 20 heavy (non-hydrogen) atoms. The van der Waals surface area contributed by atoms with Crippen LogP contribution in [-0.4, -0.2) is 28.2 Å². The van der Waals surface area contributed by atoms with E-state index in [0.717, 1.165) is 16.9 Å². The van der Waals surface area contributed by atoms with Crippen LogP contribution in [0.1, 0.15) is 28.5 Å². The van der Waals surface area contributed by atoms with Crippen molar-refractivity contribution in [1.29, 1.82) is 0 Å². The van der Waals surface area contributed by atoms with Gasteiger partial charge in [0.2, 0.25) is 0 Å². The van der Waals surface area contributed by atoms with E-state index in [1.807, 2.05) is 32.0 Å². The van der Waals surface area contributed by atoms with E-state index in [2.05, 4.69) is 9.97 Å². The summed E-state index contributed by atoms with van der Waals surface area (Å²) in [5.41, 5.74) is 2.52. The summed E-state index contributed by atoms with van der Waals surface area (Å²) in [5.74, 6) is 0.323. The van der Waals surface area contributed by atoms with Crippen LogP contribution in [0.4, 0.5) is 0 Å². The molecule has 0 radical (unpaired) electrons. The van der Waals surface area contributed by atoms with E-state index in [9.17, 15) is 4.79 Å². The van der Waals surface area contributed by atoms with Crippen molar-refractivity contribution in [3.63, 3.8) is 0 Å². The van der Waals surface area contributed by atoms with Crippen molar-refractivity contribution in [2.24, 2.45) is 0 Å². The number of aryl methyl sites for hydroxylation is 2. The highest BCUT2D eigenvalue weighted by Crippen LogP contribution is 2.24. The number of nitrogens with zero attached hydrogens (tertiary/aromatic N) is 2. The summed E-state index contributed by atoms with van der Waals surface area (Å²) >= 11 is 0. The molecule has 5 nitrogen and oxygen atoms in total. The van der Waals surface area contributed by atoms with Gasteiger partial charge in [-0.05, 0) is 37.1 Å². The van der Waals surface area contributed by atoms with Crippen molar-refractivity contribution in [3.8, 4) is 17.1 Å². The number of methoxy groups -OCH3 is 1. The predicted octanol–water partition coefficient (Wildman–Crippen LogP) is 2.72. The minimum absolute atomic E-state index is 0.154. The van der Waals surface area contributed by atoms with Gasteiger partial charge in [0, 0.05) is 11.8 Å². The molecular formula is C15H16N2O3. The molecule has 0 unspecified atom stereocenters. The summed E-state index contributed by atoms with van der Waals surface area (Å²) in [7, 11) is 1.62. The molecular weight excluding hydrogens is 256 g/mol. The zero-order valence-electron chi connectivity index (χ0n) is 11.7. The lowest BCUT2D eigenvalue weighted by molar-refractivity contribution is 0.0694. The fraction of sp³-hybridized carbons (Fsp3) is 0.267. The summed E-state index contributed by atoms with van der Waals surface area (Å²) in [6, 6.07) is 5.64. The van der Waals surface area contributed by atoms with Gasteiger partial charge in [-0.25, -0.2) is 14.8 Å². The fourth-order valence-corrected chi connectivity index (χ4v) is 2.02. The zero-order chi connectivity index (χ0) is 14.7. The lowest BCUT2D eigenvalue weighted by atomic mass is 10.1. The van der Waals surface area contributed by atoms with E-state index in [1.165, 1.54) is 6.20 Å². The van der Waals surface area contributed by atoms with Crippen molar-refractivity contribution < 1.29 is 14.6 Å². The maximum absolute atomic E-state index is 11.1. The van der Waals surface area contributed by atoms with Gasteiger partial charge in [0.15, 0.2) is 5.82 Å². The first-order valence-electron chi connectivity index (χ1n) is 6.31. The highest BCUT2D eigenvalue weighted by molar-refractivity contribution is 5.88. The Kier molecular flexibility index (Phi) is 3.98. The van der Waals surface area contributed by atoms with Crippen molar-refractivity contribution in [2.45, 2.75) is 20.3 Å². The third-order valence-electron chi connectivity index (χ3n) is 3.09. The Hall–Kier alpha value is -2.43. The number of benzene rings is 1. The predicted molar refractivity (Wildman–Crippen MR) is 75.1 cm³/mol. The first-order valence-corrected chi connectivity index (χ1v) is 6.31. The molecule has 0 atom stereocenters. The average Bonchev–Trinajstić information content (AvgIpc) is 2.46. The Morgan fingerprint density at radius 1 is 1.40 bits per heavy atom. The quantitative estimate of drug-likeness (QED) is 0.926. The SMILES string of the molecule is CCc1nc(-c2ccc(OC)c(C)c2)ncc1C(=O)O. The Bertz CT molecular complexity index is 654. The maximum Gasteiger partial charge on any atom is 0.339 e. The second-order valence-electron chi connectivity index (χ2n) is 4.40. The molecule has 1 heterocycles. The van der Waals surface area contributed by atoms with E-state index in [0.29, 0.717) is 17.9 Å². The number of ether oxygens (including phenoxy) is 1. The van der Waals surface area contributed by atoms with Crippen molar-refractivity contribution >= 4 is 5.97 Å². The van der Waals surface area contributed by atoms with E-state index in [4.69, 9.17) is 9.84 Å². The van der Waals surface area contributed by atoms with Gasteiger partial charge in [-0.3, -0.25) is 0 Å². The average molecular weight is 272 g/mol. The second kappa shape index (κ2) is 5.69. The largest absolute Gasteiger partial charge is 0.496 e. The molecule has 0 amide bonds. The molecule has 104 valence electrons. The van der Waals surface area contributed by atoms with Gasteiger partial charge in [-0.1, -0.05) is 6.92 Å². The Morgan fingerprint density at radius 2 is 2.15 bits per heavy atom. The second-order valence-corrected chi connectivity index (χ2v) is 4.40. The maximum atomic E-state index is 11.1. The fourth-order valence-electron chi connectivity index (χ4n) is 2.02. The molecule has 1 aromatic carbocycles. The van der Waals surface area contributed by atoms with E-state index in [-0.39, 0.29) is 5.56 Å². The monoisotopic (exact) mass is 272 g/mol. The van der Waals surface area contributed by atoms with E-state index >= 15 is 0 Å². The summed E-state index contributed by atoms with van der Waals surface area (Å²) in [6.45, 7) is 3.81. The normalized spacial score (nSPS) is 10.3. The molecule has 2 aromatic rings. The number of carbonyl (C=O) groups is 1. The summed E-state index contributed by atoms with van der Waals surface area (Å²) < 4.78 is 5.21. The minimum Gasteiger partial charge on any atom is -0.496 e. The summed E-state index contributed by atoms with van der Waals surface area (Å²) in [4.78, 5) is 19.6.